The third-order valence-corrected chi connectivity index (χ3v) is 5.69. The summed E-state index contributed by atoms with van der Waals surface area (Å²) in [5, 5.41) is 6.61. The molecule has 184 valence electrons. The number of halogens is 2. The summed E-state index contributed by atoms with van der Waals surface area (Å²) in [4.78, 5) is 21.8. The van der Waals surface area contributed by atoms with Gasteiger partial charge in [0.15, 0.2) is 28.9 Å². The summed E-state index contributed by atoms with van der Waals surface area (Å²) >= 11 is 6.06. The van der Waals surface area contributed by atoms with Crippen molar-refractivity contribution >= 4 is 29.1 Å². The van der Waals surface area contributed by atoms with E-state index in [2.05, 4.69) is 20.6 Å². The first kappa shape index (κ1) is 24.9. The molecule has 1 heterocycles. The molecule has 0 amide bonds. The van der Waals surface area contributed by atoms with Gasteiger partial charge in [-0.25, -0.2) is 19.2 Å². The standard InChI is InChI=1S/C27H24ClFN4O3/c1-35-24-20(28)14-13-19(21(24)29)25-32-23(27(34)36-2)22(30-15-17-9-5-3-6-10-17)26(33-25)31-16-18-11-7-4-8-12-18/h3-14,30H,15-16H2,1-2H3,(H,31,32,33). The van der Waals surface area contributed by atoms with Crippen molar-refractivity contribution < 1.29 is 18.7 Å². The van der Waals surface area contributed by atoms with E-state index in [0.717, 1.165) is 11.1 Å². The molecule has 0 atom stereocenters. The molecule has 0 fully saturated rings. The van der Waals surface area contributed by atoms with Gasteiger partial charge in [-0.1, -0.05) is 72.3 Å². The summed E-state index contributed by atoms with van der Waals surface area (Å²) in [7, 11) is 2.58. The van der Waals surface area contributed by atoms with Crippen molar-refractivity contribution in [2.75, 3.05) is 24.9 Å². The summed E-state index contributed by atoms with van der Waals surface area (Å²) in [6.45, 7) is 0.807. The van der Waals surface area contributed by atoms with Crippen LogP contribution in [0.15, 0.2) is 72.8 Å². The lowest BCUT2D eigenvalue weighted by molar-refractivity contribution is 0.0595. The minimum absolute atomic E-state index is 0.0244. The Balaban J connectivity index is 1.82. The Morgan fingerprint density at radius 2 is 1.50 bits per heavy atom. The maximum Gasteiger partial charge on any atom is 0.359 e. The van der Waals surface area contributed by atoms with E-state index in [-0.39, 0.29) is 27.9 Å². The van der Waals surface area contributed by atoms with Crippen molar-refractivity contribution in [1.29, 1.82) is 0 Å². The fraction of sp³-hybridized carbons (Fsp3) is 0.148. The maximum atomic E-state index is 15.2. The first-order valence-corrected chi connectivity index (χ1v) is 11.5. The molecule has 0 aliphatic carbocycles. The van der Waals surface area contributed by atoms with Gasteiger partial charge in [0.1, 0.15) is 5.69 Å². The molecule has 9 heteroatoms. The molecule has 4 rings (SSSR count). The highest BCUT2D eigenvalue weighted by atomic mass is 35.5. The molecule has 0 radical (unpaired) electrons. The van der Waals surface area contributed by atoms with E-state index >= 15 is 4.39 Å². The van der Waals surface area contributed by atoms with Crippen LogP contribution in [0.1, 0.15) is 21.6 Å². The molecule has 0 unspecified atom stereocenters. The van der Waals surface area contributed by atoms with Crippen LogP contribution in [0.3, 0.4) is 0 Å². The van der Waals surface area contributed by atoms with Crippen LogP contribution < -0.4 is 15.4 Å². The van der Waals surface area contributed by atoms with Gasteiger partial charge in [-0.3, -0.25) is 0 Å². The van der Waals surface area contributed by atoms with E-state index in [1.165, 1.54) is 26.4 Å². The number of hydrogen-bond donors (Lipinski definition) is 2. The third kappa shape index (κ3) is 5.55. The first-order chi connectivity index (χ1) is 17.5. The van der Waals surface area contributed by atoms with Crippen molar-refractivity contribution in [1.82, 2.24) is 9.97 Å². The Bertz CT molecular complexity index is 1350. The van der Waals surface area contributed by atoms with Gasteiger partial charge in [0.2, 0.25) is 0 Å². The number of carbonyl (C=O) groups excluding carboxylic acids is 1. The number of benzene rings is 3. The zero-order valence-corrected chi connectivity index (χ0v) is 20.5. The van der Waals surface area contributed by atoms with Gasteiger partial charge >= 0.3 is 5.97 Å². The topological polar surface area (TPSA) is 85.4 Å². The molecule has 0 bridgehead atoms. The minimum Gasteiger partial charge on any atom is -0.492 e. The summed E-state index contributed by atoms with van der Waals surface area (Å²) in [5.74, 6) is -1.28. The number of anilines is 2. The van der Waals surface area contributed by atoms with Crippen LogP contribution in [0.25, 0.3) is 11.4 Å². The number of nitrogens with one attached hydrogen (secondary N) is 2. The highest BCUT2D eigenvalue weighted by Gasteiger charge is 2.24. The van der Waals surface area contributed by atoms with Crippen molar-refractivity contribution in [3.8, 4) is 17.1 Å². The SMILES string of the molecule is COC(=O)c1nc(-c2ccc(Cl)c(OC)c2F)nc(NCc2ccccc2)c1NCc1ccccc1. The average molecular weight is 507 g/mol. The van der Waals surface area contributed by atoms with E-state index in [4.69, 9.17) is 21.1 Å². The number of hydrogen-bond acceptors (Lipinski definition) is 7. The molecule has 0 spiro atoms. The third-order valence-electron chi connectivity index (χ3n) is 5.40. The Morgan fingerprint density at radius 3 is 2.08 bits per heavy atom. The normalized spacial score (nSPS) is 10.6. The van der Waals surface area contributed by atoms with Crippen LogP contribution in [0.4, 0.5) is 15.9 Å². The van der Waals surface area contributed by atoms with Crippen molar-refractivity contribution in [3.63, 3.8) is 0 Å². The quantitative estimate of drug-likeness (QED) is 0.271. The average Bonchev–Trinajstić information content (AvgIpc) is 2.91. The van der Waals surface area contributed by atoms with E-state index in [1.54, 1.807) is 0 Å². The fourth-order valence-electron chi connectivity index (χ4n) is 3.58. The van der Waals surface area contributed by atoms with Crippen LogP contribution in [0, 0.1) is 5.82 Å². The van der Waals surface area contributed by atoms with Crippen molar-refractivity contribution in [2.45, 2.75) is 13.1 Å². The lowest BCUT2D eigenvalue weighted by atomic mass is 10.1. The number of carbonyl (C=O) groups is 1. The summed E-state index contributed by atoms with van der Waals surface area (Å²) in [6.07, 6.45) is 0. The summed E-state index contributed by atoms with van der Waals surface area (Å²) in [6, 6.07) is 22.3. The van der Waals surface area contributed by atoms with Gasteiger partial charge in [0.05, 0.1) is 24.8 Å². The lowest BCUT2D eigenvalue weighted by Gasteiger charge is -2.18. The number of nitrogens with zero attached hydrogens (tertiary/aromatic N) is 2. The molecule has 0 saturated carbocycles. The summed E-state index contributed by atoms with van der Waals surface area (Å²) in [5.41, 5.74) is 2.30. The summed E-state index contributed by atoms with van der Waals surface area (Å²) < 4.78 is 25.3. The van der Waals surface area contributed by atoms with E-state index < -0.39 is 11.8 Å². The van der Waals surface area contributed by atoms with Crippen LogP contribution in [-0.4, -0.2) is 30.2 Å². The van der Waals surface area contributed by atoms with Gasteiger partial charge in [-0.05, 0) is 23.3 Å². The monoisotopic (exact) mass is 506 g/mol. The Kier molecular flexibility index (Phi) is 7.97. The zero-order chi connectivity index (χ0) is 25.5. The molecule has 0 aliphatic rings. The maximum absolute atomic E-state index is 15.2. The largest absolute Gasteiger partial charge is 0.492 e. The molecule has 2 N–H and O–H groups in total. The number of ether oxygens (including phenoxy) is 2. The molecular weight excluding hydrogens is 483 g/mol. The highest BCUT2D eigenvalue weighted by molar-refractivity contribution is 6.32. The van der Waals surface area contributed by atoms with Gasteiger partial charge in [0.25, 0.3) is 0 Å². The number of aromatic nitrogens is 2. The smallest absolute Gasteiger partial charge is 0.359 e. The molecule has 0 saturated heterocycles. The number of esters is 1. The minimum atomic E-state index is -0.736. The predicted octanol–water partition coefficient (Wildman–Crippen LogP) is 5.96. The van der Waals surface area contributed by atoms with Crippen molar-refractivity contribution in [2.24, 2.45) is 0 Å². The fourth-order valence-corrected chi connectivity index (χ4v) is 3.80. The second-order valence-electron chi connectivity index (χ2n) is 7.73. The second-order valence-corrected chi connectivity index (χ2v) is 8.14. The molecular formula is C27H24ClFN4O3. The van der Waals surface area contributed by atoms with Crippen LogP contribution in [-0.2, 0) is 17.8 Å². The van der Waals surface area contributed by atoms with Gasteiger partial charge in [-0.2, -0.15) is 0 Å². The van der Waals surface area contributed by atoms with Crippen LogP contribution in [0.5, 0.6) is 5.75 Å². The predicted molar refractivity (Wildman–Crippen MR) is 138 cm³/mol. The number of rotatable bonds is 9. The van der Waals surface area contributed by atoms with Gasteiger partial charge < -0.3 is 20.1 Å². The van der Waals surface area contributed by atoms with E-state index in [0.29, 0.717) is 24.6 Å². The highest BCUT2D eigenvalue weighted by Crippen LogP contribution is 2.36. The Labute approximate surface area is 213 Å². The molecule has 7 nitrogen and oxygen atoms in total. The molecule has 36 heavy (non-hydrogen) atoms. The first-order valence-electron chi connectivity index (χ1n) is 11.1. The van der Waals surface area contributed by atoms with E-state index in [9.17, 15) is 4.79 Å². The molecule has 0 aliphatic heterocycles. The second kappa shape index (κ2) is 11.5. The molecule has 3 aromatic carbocycles. The van der Waals surface area contributed by atoms with Gasteiger partial charge in [-0.15, -0.1) is 0 Å². The molecule has 1 aromatic heterocycles. The zero-order valence-electron chi connectivity index (χ0n) is 19.7. The lowest BCUT2D eigenvalue weighted by Crippen LogP contribution is -2.16. The van der Waals surface area contributed by atoms with E-state index in [1.807, 2.05) is 60.7 Å². The number of methoxy groups -OCH3 is 2. The van der Waals surface area contributed by atoms with Gasteiger partial charge in [0, 0.05) is 13.1 Å². The molecule has 4 aromatic rings. The van der Waals surface area contributed by atoms with Crippen LogP contribution in [0.2, 0.25) is 5.02 Å². The van der Waals surface area contributed by atoms with Crippen molar-refractivity contribution in [3.05, 3.63) is 100 Å². The van der Waals surface area contributed by atoms with Crippen LogP contribution >= 0.6 is 11.6 Å². The Hall–Kier alpha value is -4.17. The Morgan fingerprint density at radius 1 is 0.889 bits per heavy atom.